The van der Waals surface area contributed by atoms with Crippen LogP contribution in [-0.4, -0.2) is 29.0 Å². The van der Waals surface area contributed by atoms with Crippen LogP contribution in [0.3, 0.4) is 0 Å². The molecule has 2 heterocycles. The molecular weight excluding hydrogens is 226 g/mol. The lowest BCUT2D eigenvalue weighted by molar-refractivity contribution is 0.0541. The highest BCUT2D eigenvalue weighted by Crippen LogP contribution is 2.23. The summed E-state index contributed by atoms with van der Waals surface area (Å²) in [5.41, 5.74) is 3.77. The highest BCUT2D eigenvalue weighted by Gasteiger charge is 2.21. The van der Waals surface area contributed by atoms with Crippen LogP contribution < -0.4 is 5.32 Å². The van der Waals surface area contributed by atoms with E-state index in [1.807, 2.05) is 0 Å². The molecule has 0 spiro atoms. The summed E-state index contributed by atoms with van der Waals surface area (Å²) < 4.78 is 7.73. The Morgan fingerprint density at radius 1 is 1.44 bits per heavy atom. The molecule has 102 valence electrons. The van der Waals surface area contributed by atoms with Gasteiger partial charge < -0.3 is 10.1 Å². The fraction of sp³-hybridized carbons (Fsp3) is 0.786. The Balaban J connectivity index is 2.14. The smallest absolute Gasteiger partial charge is 0.0756 e. The van der Waals surface area contributed by atoms with E-state index in [1.165, 1.54) is 17.7 Å². The van der Waals surface area contributed by atoms with Crippen molar-refractivity contribution in [3.8, 4) is 0 Å². The van der Waals surface area contributed by atoms with Gasteiger partial charge in [-0.3, -0.25) is 4.68 Å². The molecule has 0 amide bonds. The fourth-order valence-corrected chi connectivity index (χ4v) is 2.53. The van der Waals surface area contributed by atoms with Gasteiger partial charge in [0.25, 0.3) is 0 Å². The van der Waals surface area contributed by atoms with Crippen molar-refractivity contribution in [2.75, 3.05) is 13.2 Å². The van der Waals surface area contributed by atoms with Crippen LogP contribution in [0.25, 0.3) is 0 Å². The molecule has 0 aliphatic carbocycles. The topological polar surface area (TPSA) is 39.1 Å². The quantitative estimate of drug-likeness (QED) is 0.893. The van der Waals surface area contributed by atoms with Crippen molar-refractivity contribution < 1.29 is 4.74 Å². The van der Waals surface area contributed by atoms with Gasteiger partial charge in [-0.2, -0.15) is 5.10 Å². The molecule has 1 aromatic heterocycles. The molecule has 1 N–H and O–H groups in total. The van der Waals surface area contributed by atoms with Gasteiger partial charge in [0, 0.05) is 30.5 Å². The molecule has 1 aliphatic heterocycles. The molecule has 1 fully saturated rings. The average Bonchev–Trinajstić information content (AvgIpc) is 2.63. The summed E-state index contributed by atoms with van der Waals surface area (Å²) >= 11 is 0. The molecule has 18 heavy (non-hydrogen) atoms. The maximum atomic E-state index is 5.56. The van der Waals surface area contributed by atoms with E-state index in [0.29, 0.717) is 12.1 Å². The lowest BCUT2D eigenvalue weighted by atomic mass is 10.1. The molecule has 1 unspecified atom stereocenters. The Morgan fingerprint density at radius 3 is 2.83 bits per heavy atom. The van der Waals surface area contributed by atoms with Gasteiger partial charge >= 0.3 is 0 Å². The number of rotatable bonds is 4. The number of nitrogens with zero attached hydrogens (tertiary/aromatic N) is 2. The van der Waals surface area contributed by atoms with E-state index in [1.54, 1.807) is 0 Å². The second-order valence-corrected chi connectivity index (χ2v) is 5.50. The molecule has 1 aliphatic rings. The number of aromatic nitrogens is 2. The van der Waals surface area contributed by atoms with Crippen LogP contribution in [0, 0.1) is 13.8 Å². The predicted molar refractivity (Wildman–Crippen MR) is 72.8 cm³/mol. The Kier molecular flexibility index (Phi) is 4.40. The van der Waals surface area contributed by atoms with E-state index in [9.17, 15) is 0 Å². The average molecular weight is 251 g/mol. The summed E-state index contributed by atoms with van der Waals surface area (Å²) in [5.74, 6) is 0. The van der Waals surface area contributed by atoms with Crippen LogP contribution in [0.1, 0.15) is 49.7 Å². The molecular formula is C14H25N3O. The van der Waals surface area contributed by atoms with E-state index >= 15 is 0 Å². The maximum Gasteiger partial charge on any atom is 0.0756 e. The number of nitrogens with one attached hydrogen (secondary N) is 1. The van der Waals surface area contributed by atoms with Crippen LogP contribution in [0.15, 0.2) is 0 Å². The summed E-state index contributed by atoms with van der Waals surface area (Å²) in [6.45, 7) is 11.2. The first kappa shape index (κ1) is 13.6. The zero-order chi connectivity index (χ0) is 13.1. The van der Waals surface area contributed by atoms with Gasteiger partial charge in [0.2, 0.25) is 0 Å². The summed E-state index contributed by atoms with van der Waals surface area (Å²) in [5, 5.41) is 8.18. The zero-order valence-corrected chi connectivity index (χ0v) is 12.0. The summed E-state index contributed by atoms with van der Waals surface area (Å²) in [7, 11) is 0. The van der Waals surface area contributed by atoms with Crippen LogP contribution in [0.4, 0.5) is 0 Å². The summed E-state index contributed by atoms with van der Waals surface area (Å²) in [4.78, 5) is 0. The van der Waals surface area contributed by atoms with Gasteiger partial charge in [0.1, 0.15) is 0 Å². The van der Waals surface area contributed by atoms with Gasteiger partial charge in [-0.1, -0.05) is 13.8 Å². The normalized spacial score (nSPS) is 20.6. The van der Waals surface area contributed by atoms with Crippen molar-refractivity contribution in [3.05, 3.63) is 17.0 Å². The summed E-state index contributed by atoms with van der Waals surface area (Å²) in [6.07, 6.45) is 2.32. The molecule has 1 aromatic rings. The number of hydrogen-bond acceptors (Lipinski definition) is 3. The lowest BCUT2D eigenvalue weighted by Crippen LogP contribution is -2.24. The third-order valence-electron chi connectivity index (χ3n) is 3.64. The first-order chi connectivity index (χ1) is 8.59. The highest BCUT2D eigenvalue weighted by molar-refractivity contribution is 5.25. The SMILES string of the molecule is Cc1nn(C2CCCOC2)c(C)c1CNC(C)C. The Morgan fingerprint density at radius 2 is 2.22 bits per heavy atom. The molecule has 0 radical (unpaired) electrons. The van der Waals surface area contributed by atoms with Crippen molar-refractivity contribution in [1.29, 1.82) is 0 Å². The minimum absolute atomic E-state index is 0.422. The van der Waals surface area contributed by atoms with Gasteiger partial charge in [-0.15, -0.1) is 0 Å². The molecule has 1 atom stereocenters. The number of hydrogen-bond donors (Lipinski definition) is 1. The van der Waals surface area contributed by atoms with Crippen molar-refractivity contribution in [3.63, 3.8) is 0 Å². The molecule has 1 saturated heterocycles. The van der Waals surface area contributed by atoms with E-state index < -0.39 is 0 Å². The van der Waals surface area contributed by atoms with Gasteiger partial charge in [0.05, 0.1) is 18.3 Å². The van der Waals surface area contributed by atoms with E-state index in [0.717, 1.165) is 31.9 Å². The molecule has 4 nitrogen and oxygen atoms in total. The van der Waals surface area contributed by atoms with Gasteiger partial charge in [-0.25, -0.2) is 0 Å². The van der Waals surface area contributed by atoms with Gasteiger partial charge in [-0.05, 0) is 26.7 Å². The minimum atomic E-state index is 0.422. The zero-order valence-electron chi connectivity index (χ0n) is 12.0. The Hall–Kier alpha value is -0.870. The number of aryl methyl sites for hydroxylation is 1. The monoisotopic (exact) mass is 251 g/mol. The standard InChI is InChI=1S/C14H25N3O/c1-10(2)15-8-14-11(3)16-17(12(14)4)13-6-5-7-18-9-13/h10,13,15H,5-9H2,1-4H3. The predicted octanol–water partition coefficient (Wildman–Crippen LogP) is 2.35. The number of ether oxygens (including phenoxy) is 1. The Bertz CT molecular complexity index is 392. The second-order valence-electron chi connectivity index (χ2n) is 5.50. The highest BCUT2D eigenvalue weighted by atomic mass is 16.5. The van der Waals surface area contributed by atoms with Crippen molar-refractivity contribution in [2.45, 2.75) is 59.2 Å². The second kappa shape index (κ2) is 5.85. The third kappa shape index (κ3) is 2.93. The van der Waals surface area contributed by atoms with E-state index in [4.69, 9.17) is 9.84 Å². The minimum Gasteiger partial charge on any atom is -0.379 e. The molecule has 4 heteroatoms. The van der Waals surface area contributed by atoms with E-state index in [-0.39, 0.29) is 0 Å². The van der Waals surface area contributed by atoms with Crippen molar-refractivity contribution >= 4 is 0 Å². The first-order valence-electron chi connectivity index (χ1n) is 6.95. The van der Waals surface area contributed by atoms with Crippen LogP contribution in [0.5, 0.6) is 0 Å². The van der Waals surface area contributed by atoms with Gasteiger partial charge in [0.15, 0.2) is 0 Å². The molecule has 0 bridgehead atoms. The van der Waals surface area contributed by atoms with Crippen molar-refractivity contribution in [2.24, 2.45) is 0 Å². The van der Waals surface area contributed by atoms with Crippen molar-refractivity contribution in [1.82, 2.24) is 15.1 Å². The Labute approximate surface area is 110 Å². The lowest BCUT2D eigenvalue weighted by Gasteiger charge is -2.23. The maximum absolute atomic E-state index is 5.56. The molecule has 0 saturated carbocycles. The third-order valence-corrected chi connectivity index (χ3v) is 3.64. The molecule has 0 aromatic carbocycles. The van der Waals surface area contributed by atoms with Crippen LogP contribution in [0.2, 0.25) is 0 Å². The molecule has 2 rings (SSSR count). The summed E-state index contributed by atoms with van der Waals surface area (Å²) in [6, 6.07) is 0.926. The largest absolute Gasteiger partial charge is 0.379 e. The fourth-order valence-electron chi connectivity index (χ4n) is 2.53. The van der Waals surface area contributed by atoms with E-state index in [2.05, 4.69) is 37.7 Å². The van der Waals surface area contributed by atoms with Crippen LogP contribution in [-0.2, 0) is 11.3 Å². The first-order valence-corrected chi connectivity index (χ1v) is 6.95. The van der Waals surface area contributed by atoms with Crippen LogP contribution >= 0.6 is 0 Å².